The maximum Gasteiger partial charge on any atom is 0.347 e. The number of carbonyl (C=O) groups is 1. The van der Waals surface area contributed by atoms with E-state index in [1.165, 1.54) is 18.0 Å². The molecule has 0 unspecified atom stereocenters. The average molecular weight is 309 g/mol. The van der Waals surface area contributed by atoms with Crippen LogP contribution >= 0.6 is 11.8 Å². The molecule has 5 nitrogen and oxygen atoms in total. The third-order valence-corrected chi connectivity index (χ3v) is 3.72. The van der Waals surface area contributed by atoms with Crippen molar-refractivity contribution in [3.05, 3.63) is 72.6 Å². The molecule has 108 valence electrons. The molecule has 0 fully saturated rings. The van der Waals surface area contributed by atoms with E-state index in [2.05, 4.69) is 15.2 Å². The minimum atomic E-state index is -0.507. The zero-order valence-electron chi connectivity index (χ0n) is 11.4. The number of hydrogen-bond acceptors (Lipinski definition) is 6. The second-order valence-electron chi connectivity index (χ2n) is 4.22. The zero-order chi connectivity index (χ0) is 15.2. The summed E-state index contributed by atoms with van der Waals surface area (Å²) in [5.74, 6) is -0.348. The van der Waals surface area contributed by atoms with E-state index in [0.717, 1.165) is 4.90 Å². The van der Waals surface area contributed by atoms with E-state index in [0.29, 0.717) is 10.6 Å². The van der Waals surface area contributed by atoms with Gasteiger partial charge in [0.05, 0.1) is 5.56 Å². The lowest BCUT2D eigenvalue weighted by atomic mass is 10.3. The standard InChI is InChI=1S/C16H11N3O2S/c20-16(21-14-9-5-11-18-19-14)13-8-4-10-17-15(13)22-12-6-2-1-3-7-12/h1-11H. The molecule has 22 heavy (non-hydrogen) atoms. The Balaban J connectivity index is 1.83. The van der Waals surface area contributed by atoms with Crippen LogP contribution in [0.4, 0.5) is 0 Å². The lowest BCUT2D eigenvalue weighted by molar-refractivity contribution is 0.0721. The molecule has 0 amide bonds. The van der Waals surface area contributed by atoms with Gasteiger partial charge >= 0.3 is 5.97 Å². The van der Waals surface area contributed by atoms with Gasteiger partial charge in [0, 0.05) is 23.4 Å². The fourth-order valence-corrected chi connectivity index (χ4v) is 2.61. The Morgan fingerprint density at radius 1 is 0.955 bits per heavy atom. The van der Waals surface area contributed by atoms with Crippen LogP contribution in [0, 0.1) is 0 Å². The lowest BCUT2D eigenvalue weighted by Crippen LogP contribution is -2.11. The van der Waals surface area contributed by atoms with Gasteiger partial charge in [0.2, 0.25) is 5.88 Å². The number of ether oxygens (including phenoxy) is 1. The van der Waals surface area contributed by atoms with Crippen molar-refractivity contribution in [2.45, 2.75) is 9.92 Å². The number of pyridine rings is 1. The highest BCUT2D eigenvalue weighted by atomic mass is 32.2. The summed E-state index contributed by atoms with van der Waals surface area (Å²) in [6.07, 6.45) is 3.16. The molecule has 2 aromatic heterocycles. The van der Waals surface area contributed by atoms with Gasteiger partial charge in [-0.2, -0.15) is 5.10 Å². The highest BCUT2D eigenvalue weighted by molar-refractivity contribution is 7.99. The molecule has 0 saturated carbocycles. The number of esters is 1. The predicted molar refractivity (Wildman–Crippen MR) is 81.8 cm³/mol. The third kappa shape index (κ3) is 3.48. The van der Waals surface area contributed by atoms with Gasteiger partial charge in [-0.3, -0.25) is 0 Å². The summed E-state index contributed by atoms with van der Waals surface area (Å²) in [5.41, 5.74) is 0.391. The van der Waals surface area contributed by atoms with Gasteiger partial charge in [0.15, 0.2) is 0 Å². The lowest BCUT2D eigenvalue weighted by Gasteiger charge is -2.07. The smallest absolute Gasteiger partial charge is 0.347 e. The minimum absolute atomic E-state index is 0.159. The second-order valence-corrected chi connectivity index (χ2v) is 5.28. The molecule has 3 aromatic rings. The molecule has 0 N–H and O–H groups in total. The van der Waals surface area contributed by atoms with Gasteiger partial charge in [-0.05, 0) is 30.3 Å². The first-order chi connectivity index (χ1) is 10.8. The molecule has 0 aliphatic heterocycles. The fourth-order valence-electron chi connectivity index (χ4n) is 1.72. The number of hydrogen-bond donors (Lipinski definition) is 0. The van der Waals surface area contributed by atoms with E-state index in [9.17, 15) is 4.79 Å². The van der Waals surface area contributed by atoms with Crippen LogP contribution in [0.5, 0.6) is 5.88 Å². The molecule has 3 rings (SSSR count). The van der Waals surface area contributed by atoms with E-state index >= 15 is 0 Å². The number of benzene rings is 1. The predicted octanol–water partition coefficient (Wildman–Crippen LogP) is 3.24. The van der Waals surface area contributed by atoms with E-state index in [4.69, 9.17) is 4.74 Å². The largest absolute Gasteiger partial charge is 0.402 e. The summed E-state index contributed by atoms with van der Waals surface area (Å²) >= 11 is 1.41. The minimum Gasteiger partial charge on any atom is -0.402 e. The normalized spacial score (nSPS) is 10.2. The molecule has 0 bridgehead atoms. The van der Waals surface area contributed by atoms with Crippen LogP contribution in [0.25, 0.3) is 0 Å². The Bertz CT molecular complexity index is 767. The summed E-state index contributed by atoms with van der Waals surface area (Å²) in [6, 6.07) is 16.3. The summed E-state index contributed by atoms with van der Waals surface area (Å²) < 4.78 is 5.21. The summed E-state index contributed by atoms with van der Waals surface area (Å²) in [4.78, 5) is 17.5. The molecule has 0 saturated heterocycles. The van der Waals surface area contributed by atoms with Crippen molar-refractivity contribution in [1.29, 1.82) is 0 Å². The molecule has 0 aliphatic rings. The molecule has 2 heterocycles. The van der Waals surface area contributed by atoms with Crippen LogP contribution in [0.1, 0.15) is 10.4 Å². The maximum atomic E-state index is 12.3. The molecule has 0 spiro atoms. The van der Waals surface area contributed by atoms with Gasteiger partial charge in [-0.25, -0.2) is 9.78 Å². The Kier molecular flexibility index (Phi) is 4.41. The number of rotatable bonds is 4. The average Bonchev–Trinajstić information content (AvgIpc) is 2.57. The van der Waals surface area contributed by atoms with Crippen LogP contribution in [0.15, 0.2) is 76.9 Å². The van der Waals surface area contributed by atoms with Gasteiger partial charge in [0.25, 0.3) is 0 Å². The van der Waals surface area contributed by atoms with Crippen molar-refractivity contribution < 1.29 is 9.53 Å². The number of nitrogens with zero attached hydrogens (tertiary/aromatic N) is 3. The zero-order valence-corrected chi connectivity index (χ0v) is 12.2. The SMILES string of the molecule is O=C(Oc1cccnn1)c1cccnc1Sc1ccccc1. The Hall–Kier alpha value is -2.73. The third-order valence-electron chi connectivity index (χ3n) is 2.69. The Morgan fingerprint density at radius 2 is 1.77 bits per heavy atom. The van der Waals surface area contributed by atoms with Crippen molar-refractivity contribution in [3.8, 4) is 5.88 Å². The monoisotopic (exact) mass is 309 g/mol. The molecular weight excluding hydrogens is 298 g/mol. The van der Waals surface area contributed by atoms with Crippen molar-refractivity contribution in [1.82, 2.24) is 15.2 Å². The van der Waals surface area contributed by atoms with Gasteiger partial charge in [-0.1, -0.05) is 30.0 Å². The molecule has 0 aliphatic carbocycles. The molecule has 1 aromatic carbocycles. The molecule has 0 radical (unpaired) electrons. The van der Waals surface area contributed by atoms with Crippen molar-refractivity contribution in [2.24, 2.45) is 0 Å². The molecular formula is C16H11N3O2S. The topological polar surface area (TPSA) is 65.0 Å². The van der Waals surface area contributed by atoms with Crippen LogP contribution in [-0.4, -0.2) is 21.2 Å². The first kappa shape index (κ1) is 14.2. The van der Waals surface area contributed by atoms with Gasteiger partial charge in [-0.15, -0.1) is 5.10 Å². The first-order valence-corrected chi connectivity index (χ1v) is 7.32. The van der Waals surface area contributed by atoms with Crippen LogP contribution in [0.2, 0.25) is 0 Å². The highest BCUT2D eigenvalue weighted by Crippen LogP contribution is 2.28. The quantitative estimate of drug-likeness (QED) is 0.689. The van der Waals surface area contributed by atoms with E-state index in [1.807, 2.05) is 30.3 Å². The summed E-state index contributed by atoms with van der Waals surface area (Å²) in [7, 11) is 0. The molecule has 0 atom stereocenters. The van der Waals surface area contributed by atoms with Crippen LogP contribution < -0.4 is 4.74 Å². The highest BCUT2D eigenvalue weighted by Gasteiger charge is 2.16. The summed E-state index contributed by atoms with van der Waals surface area (Å²) in [5, 5.41) is 8.00. The number of aromatic nitrogens is 3. The second kappa shape index (κ2) is 6.82. The van der Waals surface area contributed by atoms with Crippen molar-refractivity contribution >= 4 is 17.7 Å². The molecule has 6 heteroatoms. The van der Waals surface area contributed by atoms with Crippen LogP contribution in [-0.2, 0) is 0 Å². The van der Waals surface area contributed by atoms with Crippen molar-refractivity contribution in [3.63, 3.8) is 0 Å². The number of carbonyl (C=O) groups excluding carboxylic acids is 1. The van der Waals surface area contributed by atoms with E-state index < -0.39 is 5.97 Å². The van der Waals surface area contributed by atoms with E-state index in [-0.39, 0.29) is 5.88 Å². The Morgan fingerprint density at radius 3 is 2.55 bits per heavy atom. The maximum absolute atomic E-state index is 12.3. The summed E-state index contributed by atoms with van der Waals surface area (Å²) in [6.45, 7) is 0. The van der Waals surface area contributed by atoms with Crippen LogP contribution in [0.3, 0.4) is 0 Å². The van der Waals surface area contributed by atoms with Crippen molar-refractivity contribution in [2.75, 3.05) is 0 Å². The van der Waals surface area contributed by atoms with E-state index in [1.54, 1.807) is 30.5 Å². The Labute approximate surface area is 131 Å². The first-order valence-electron chi connectivity index (χ1n) is 6.51. The fraction of sp³-hybridized carbons (Fsp3) is 0. The van der Waals surface area contributed by atoms with Gasteiger partial charge in [0.1, 0.15) is 5.03 Å². The van der Waals surface area contributed by atoms with Gasteiger partial charge < -0.3 is 4.74 Å².